The third-order valence-electron chi connectivity index (χ3n) is 0.756. The van der Waals surface area contributed by atoms with Crippen molar-refractivity contribution in [3.63, 3.8) is 0 Å². The zero-order valence-corrected chi connectivity index (χ0v) is 6.00. The van der Waals surface area contributed by atoms with Crippen LogP contribution in [-0.4, -0.2) is 24.4 Å². The monoisotopic (exact) mass is 148 g/mol. The van der Waals surface area contributed by atoms with Gasteiger partial charge in [0.2, 0.25) is 0 Å². The molecule has 0 aliphatic heterocycles. The van der Waals surface area contributed by atoms with Crippen LogP contribution in [0.5, 0.6) is 0 Å². The van der Waals surface area contributed by atoms with Gasteiger partial charge in [-0.2, -0.15) is 0 Å². The van der Waals surface area contributed by atoms with Crippen LogP contribution >= 0.6 is 0 Å². The van der Waals surface area contributed by atoms with E-state index in [9.17, 15) is 0 Å². The van der Waals surface area contributed by atoms with E-state index in [0.717, 1.165) is 0 Å². The average molecular weight is 148 g/mol. The van der Waals surface area contributed by atoms with Crippen LogP contribution in [0.4, 0.5) is 0 Å². The molecule has 2 heteroatoms. The number of hydrogen-bond donors (Lipinski definition) is 1. The van der Waals surface area contributed by atoms with Crippen molar-refractivity contribution in [2.24, 2.45) is 0 Å². The Morgan fingerprint density at radius 3 is 2.64 bits per heavy atom. The molecule has 0 fully saturated rings. The Hall–Kier alpha value is -1.40. The van der Waals surface area contributed by atoms with Gasteiger partial charge in [0.1, 0.15) is 13.2 Å². The van der Waals surface area contributed by atoms with E-state index in [1.165, 1.54) is 0 Å². The molecule has 0 heterocycles. The summed E-state index contributed by atoms with van der Waals surface area (Å²) in [5.74, 6) is 9.20. The smallest absolute Gasteiger partial charge is 0.176 e. The maximum absolute atomic E-state index is 8.71. The van der Waals surface area contributed by atoms with Gasteiger partial charge in [-0.1, -0.05) is 23.7 Å². The highest BCUT2D eigenvalue weighted by molar-refractivity contribution is 5.16. The predicted octanol–water partition coefficient (Wildman–Crippen LogP) is -0.366. The van der Waals surface area contributed by atoms with Gasteiger partial charge in [-0.25, -0.2) is 0 Å². The van der Waals surface area contributed by atoms with Crippen molar-refractivity contribution >= 4 is 0 Å². The lowest BCUT2D eigenvalue weighted by Crippen LogP contribution is -1.98. The molecule has 0 amide bonds. The summed E-state index contributed by atoms with van der Waals surface area (Å²) in [6, 6.07) is 0. The molecule has 0 rings (SSSR count). The van der Waals surface area contributed by atoms with Crippen LogP contribution in [-0.2, 0) is 4.74 Å². The Kier molecular flexibility index (Phi) is 5.86. The number of aliphatic hydroxyl groups excluding tert-OH is 1. The summed E-state index contributed by atoms with van der Waals surface area (Å²) in [5, 5.41) is 8.71. The second-order valence-electron chi connectivity index (χ2n) is 1.59. The standard InChI is InChI=1S/C9H8O2/c1-3-7-11-8-5-6-9(10)4-2/h1-2,9-10H,7-8H2. The second-order valence-corrected chi connectivity index (χ2v) is 1.59. The highest BCUT2D eigenvalue weighted by atomic mass is 16.5. The van der Waals surface area contributed by atoms with Crippen LogP contribution in [0.1, 0.15) is 0 Å². The SMILES string of the molecule is C#CCOCC#CC(O)C#C. The lowest BCUT2D eigenvalue weighted by molar-refractivity contribution is 0.204. The molecule has 11 heavy (non-hydrogen) atoms. The summed E-state index contributed by atoms with van der Waals surface area (Å²) in [6.07, 6.45) is 8.72. The van der Waals surface area contributed by atoms with Crippen LogP contribution in [0, 0.1) is 36.5 Å². The number of ether oxygens (including phenoxy) is 1. The third-order valence-corrected chi connectivity index (χ3v) is 0.756. The van der Waals surface area contributed by atoms with E-state index in [1.54, 1.807) is 0 Å². The highest BCUT2D eigenvalue weighted by Gasteiger charge is 1.85. The van der Waals surface area contributed by atoms with Crippen LogP contribution < -0.4 is 0 Å². The summed E-state index contributed by atoms with van der Waals surface area (Å²) < 4.78 is 4.79. The summed E-state index contributed by atoms with van der Waals surface area (Å²) in [6.45, 7) is 0.420. The molecule has 0 aromatic heterocycles. The van der Waals surface area contributed by atoms with Gasteiger partial charge < -0.3 is 9.84 Å². The number of rotatable bonds is 2. The Balaban J connectivity index is 3.44. The van der Waals surface area contributed by atoms with Gasteiger partial charge in [0.25, 0.3) is 0 Å². The summed E-state index contributed by atoms with van der Waals surface area (Å²) in [5.41, 5.74) is 0. The fourth-order valence-corrected chi connectivity index (χ4v) is 0.341. The Bertz CT molecular complexity index is 231. The molecule has 0 saturated heterocycles. The highest BCUT2D eigenvalue weighted by Crippen LogP contribution is 1.74. The lowest BCUT2D eigenvalue weighted by Gasteiger charge is -1.89. The van der Waals surface area contributed by atoms with Gasteiger partial charge >= 0.3 is 0 Å². The molecule has 0 radical (unpaired) electrons. The minimum Gasteiger partial charge on any atom is -0.369 e. The summed E-state index contributed by atoms with van der Waals surface area (Å²) in [7, 11) is 0. The second kappa shape index (κ2) is 6.72. The molecule has 0 aliphatic rings. The third kappa shape index (κ3) is 6.49. The molecular formula is C9H8O2. The lowest BCUT2D eigenvalue weighted by atomic mass is 10.4. The Morgan fingerprint density at radius 1 is 1.36 bits per heavy atom. The number of aliphatic hydroxyl groups is 1. The topological polar surface area (TPSA) is 29.5 Å². The minimum atomic E-state index is -1.01. The van der Waals surface area contributed by atoms with Gasteiger partial charge in [-0.15, -0.1) is 12.8 Å². The van der Waals surface area contributed by atoms with Crippen LogP contribution in [0.25, 0.3) is 0 Å². The van der Waals surface area contributed by atoms with E-state index in [4.69, 9.17) is 22.7 Å². The first-order valence-electron chi connectivity index (χ1n) is 2.95. The van der Waals surface area contributed by atoms with Crippen molar-refractivity contribution in [2.45, 2.75) is 6.10 Å². The fraction of sp³-hybridized carbons (Fsp3) is 0.333. The molecule has 0 saturated carbocycles. The van der Waals surface area contributed by atoms with Crippen molar-refractivity contribution in [1.29, 1.82) is 0 Å². The predicted molar refractivity (Wildman–Crippen MR) is 42.3 cm³/mol. The van der Waals surface area contributed by atoms with Crippen molar-refractivity contribution < 1.29 is 9.84 Å². The van der Waals surface area contributed by atoms with E-state index in [-0.39, 0.29) is 13.2 Å². The van der Waals surface area contributed by atoms with Gasteiger partial charge in [-0.3, -0.25) is 0 Å². The number of hydrogen-bond acceptors (Lipinski definition) is 2. The van der Waals surface area contributed by atoms with Crippen molar-refractivity contribution in [2.75, 3.05) is 13.2 Å². The molecule has 1 unspecified atom stereocenters. The fourth-order valence-electron chi connectivity index (χ4n) is 0.341. The average Bonchev–Trinajstić information content (AvgIpc) is 2.04. The zero-order valence-electron chi connectivity index (χ0n) is 6.00. The maximum Gasteiger partial charge on any atom is 0.176 e. The number of terminal acetylenes is 2. The van der Waals surface area contributed by atoms with E-state index in [2.05, 4.69) is 17.8 Å². The zero-order chi connectivity index (χ0) is 8.53. The first-order chi connectivity index (χ1) is 5.31. The Morgan fingerprint density at radius 2 is 2.09 bits per heavy atom. The van der Waals surface area contributed by atoms with E-state index in [0.29, 0.717) is 0 Å². The van der Waals surface area contributed by atoms with Crippen molar-refractivity contribution in [3.8, 4) is 36.5 Å². The van der Waals surface area contributed by atoms with E-state index < -0.39 is 6.10 Å². The molecular weight excluding hydrogens is 140 g/mol. The maximum atomic E-state index is 8.71. The molecule has 0 bridgehead atoms. The van der Waals surface area contributed by atoms with Gasteiger partial charge in [-0.05, 0) is 0 Å². The molecule has 0 aromatic rings. The van der Waals surface area contributed by atoms with Crippen LogP contribution in [0.15, 0.2) is 0 Å². The quantitative estimate of drug-likeness (QED) is 0.428. The Labute approximate surface area is 66.6 Å². The largest absolute Gasteiger partial charge is 0.369 e. The molecule has 1 N–H and O–H groups in total. The van der Waals surface area contributed by atoms with E-state index in [1.807, 2.05) is 5.92 Å². The minimum absolute atomic E-state index is 0.197. The molecule has 56 valence electrons. The van der Waals surface area contributed by atoms with Gasteiger partial charge in [0.05, 0.1) is 0 Å². The first-order valence-corrected chi connectivity index (χ1v) is 2.95. The molecule has 2 nitrogen and oxygen atoms in total. The normalized spacial score (nSPS) is 10.1. The molecule has 0 spiro atoms. The van der Waals surface area contributed by atoms with Crippen molar-refractivity contribution in [1.82, 2.24) is 0 Å². The molecule has 0 aliphatic carbocycles. The van der Waals surface area contributed by atoms with E-state index >= 15 is 0 Å². The summed E-state index contributed by atoms with van der Waals surface area (Å²) in [4.78, 5) is 0. The van der Waals surface area contributed by atoms with Gasteiger partial charge in [0.15, 0.2) is 6.10 Å². The van der Waals surface area contributed by atoms with Crippen molar-refractivity contribution in [3.05, 3.63) is 0 Å². The molecule has 1 atom stereocenters. The first kappa shape index (κ1) is 9.60. The molecule has 0 aromatic carbocycles. The summed E-state index contributed by atoms with van der Waals surface area (Å²) >= 11 is 0. The van der Waals surface area contributed by atoms with Gasteiger partial charge in [0, 0.05) is 0 Å². The van der Waals surface area contributed by atoms with Crippen LogP contribution in [0.3, 0.4) is 0 Å². The van der Waals surface area contributed by atoms with Crippen LogP contribution in [0.2, 0.25) is 0 Å².